The quantitative estimate of drug-likeness (QED) is 0.266. The van der Waals surface area contributed by atoms with E-state index in [0.29, 0.717) is 16.7 Å². The molecule has 0 spiro atoms. The number of esters is 1. The Labute approximate surface area is 202 Å². The standard InChI is InChI=1S/C28H26F3NO3/c1-3-35-26(33)18-17-21-11-7-9-15-24(21)20(2)32(27(34)22-12-5-4-6-13-22)19-23-14-8-10-16-25(23)28(29,30)31/h4-18,20H,3,19H2,1-2H3/b18-17+. The number of benzene rings is 3. The lowest BCUT2D eigenvalue weighted by Gasteiger charge is -2.32. The summed E-state index contributed by atoms with van der Waals surface area (Å²) < 4.78 is 46.0. The average molecular weight is 482 g/mol. The van der Waals surface area contributed by atoms with Crippen molar-refractivity contribution in [3.05, 3.63) is 113 Å². The first-order valence-electron chi connectivity index (χ1n) is 11.2. The number of rotatable bonds is 8. The Morgan fingerprint density at radius 2 is 1.57 bits per heavy atom. The van der Waals surface area contributed by atoms with Crippen LogP contribution < -0.4 is 0 Å². The summed E-state index contributed by atoms with van der Waals surface area (Å²) in [6.07, 6.45) is -1.68. The first-order chi connectivity index (χ1) is 16.7. The molecule has 0 heterocycles. The number of halogens is 3. The van der Waals surface area contributed by atoms with Gasteiger partial charge in [-0.1, -0.05) is 60.7 Å². The van der Waals surface area contributed by atoms with Crippen LogP contribution in [0.2, 0.25) is 0 Å². The zero-order valence-corrected chi connectivity index (χ0v) is 19.5. The van der Waals surface area contributed by atoms with Gasteiger partial charge in [-0.3, -0.25) is 4.79 Å². The van der Waals surface area contributed by atoms with Gasteiger partial charge in [-0.15, -0.1) is 0 Å². The predicted molar refractivity (Wildman–Crippen MR) is 128 cm³/mol. The van der Waals surface area contributed by atoms with Crippen LogP contribution in [0.4, 0.5) is 13.2 Å². The third kappa shape index (κ3) is 6.59. The van der Waals surface area contributed by atoms with Gasteiger partial charge in [0.25, 0.3) is 5.91 Å². The summed E-state index contributed by atoms with van der Waals surface area (Å²) in [6.45, 7) is 3.45. The van der Waals surface area contributed by atoms with Crippen LogP contribution in [0.1, 0.15) is 52.5 Å². The largest absolute Gasteiger partial charge is 0.463 e. The van der Waals surface area contributed by atoms with Gasteiger partial charge in [-0.05, 0) is 54.8 Å². The Balaban J connectivity index is 2.05. The average Bonchev–Trinajstić information content (AvgIpc) is 2.86. The van der Waals surface area contributed by atoms with Gasteiger partial charge in [-0.25, -0.2) is 4.79 Å². The minimum atomic E-state index is -4.55. The lowest BCUT2D eigenvalue weighted by atomic mass is 9.97. The fraction of sp³-hybridized carbons (Fsp3) is 0.214. The molecule has 0 radical (unpaired) electrons. The molecule has 0 N–H and O–H groups in total. The second kappa shape index (κ2) is 11.5. The van der Waals surface area contributed by atoms with Crippen molar-refractivity contribution in [2.45, 2.75) is 32.6 Å². The summed E-state index contributed by atoms with van der Waals surface area (Å²) in [5.74, 6) is -0.912. The Morgan fingerprint density at radius 3 is 2.26 bits per heavy atom. The van der Waals surface area contributed by atoms with Crippen molar-refractivity contribution < 1.29 is 27.5 Å². The lowest BCUT2D eigenvalue weighted by molar-refractivity contribution is -0.138. The summed E-state index contributed by atoms with van der Waals surface area (Å²) in [6, 6.07) is 20.2. The van der Waals surface area contributed by atoms with Crippen LogP contribution in [0.25, 0.3) is 6.08 Å². The molecule has 0 aliphatic rings. The molecule has 1 amide bonds. The minimum absolute atomic E-state index is 0.00400. The van der Waals surface area contributed by atoms with E-state index in [-0.39, 0.29) is 18.7 Å². The SMILES string of the molecule is CCOC(=O)/C=C/c1ccccc1C(C)N(Cc1ccccc1C(F)(F)F)C(=O)c1ccccc1. The number of ether oxygens (including phenoxy) is 1. The van der Waals surface area contributed by atoms with Crippen LogP contribution in [0.15, 0.2) is 84.9 Å². The van der Waals surface area contributed by atoms with Crippen LogP contribution in [0.3, 0.4) is 0 Å². The van der Waals surface area contributed by atoms with Crippen LogP contribution in [-0.4, -0.2) is 23.4 Å². The summed E-state index contributed by atoms with van der Waals surface area (Å²) in [4.78, 5) is 26.8. The minimum Gasteiger partial charge on any atom is -0.463 e. The molecular weight excluding hydrogens is 455 g/mol. The highest BCUT2D eigenvalue weighted by molar-refractivity contribution is 5.94. The van der Waals surface area contributed by atoms with Crippen molar-refractivity contribution in [2.75, 3.05) is 6.61 Å². The number of hydrogen-bond donors (Lipinski definition) is 0. The van der Waals surface area contributed by atoms with E-state index in [9.17, 15) is 22.8 Å². The normalized spacial score (nSPS) is 12.4. The van der Waals surface area contributed by atoms with Gasteiger partial charge in [0.15, 0.2) is 0 Å². The smallest absolute Gasteiger partial charge is 0.416 e. The van der Waals surface area contributed by atoms with E-state index in [1.807, 2.05) is 0 Å². The maximum Gasteiger partial charge on any atom is 0.416 e. The molecule has 182 valence electrons. The highest BCUT2D eigenvalue weighted by atomic mass is 19.4. The molecule has 0 bridgehead atoms. The molecule has 0 aliphatic carbocycles. The van der Waals surface area contributed by atoms with Gasteiger partial charge in [-0.2, -0.15) is 13.2 Å². The van der Waals surface area contributed by atoms with E-state index in [2.05, 4.69) is 0 Å². The van der Waals surface area contributed by atoms with Gasteiger partial charge in [0.2, 0.25) is 0 Å². The first kappa shape index (κ1) is 25.7. The molecular formula is C28H26F3NO3. The first-order valence-corrected chi connectivity index (χ1v) is 11.2. The zero-order chi connectivity index (χ0) is 25.4. The van der Waals surface area contributed by atoms with Gasteiger partial charge in [0, 0.05) is 18.2 Å². The van der Waals surface area contributed by atoms with Gasteiger partial charge < -0.3 is 9.64 Å². The predicted octanol–water partition coefficient (Wildman–Crippen LogP) is 6.69. The molecule has 3 rings (SSSR count). The Bertz CT molecular complexity index is 1190. The third-order valence-electron chi connectivity index (χ3n) is 5.54. The van der Waals surface area contributed by atoms with E-state index in [1.165, 1.54) is 29.2 Å². The molecule has 1 unspecified atom stereocenters. The maximum atomic E-state index is 13.7. The van der Waals surface area contributed by atoms with E-state index in [1.54, 1.807) is 74.5 Å². The molecule has 4 nitrogen and oxygen atoms in total. The van der Waals surface area contributed by atoms with E-state index in [0.717, 1.165) is 6.07 Å². The van der Waals surface area contributed by atoms with E-state index in [4.69, 9.17) is 4.74 Å². The fourth-order valence-electron chi connectivity index (χ4n) is 3.81. The highest BCUT2D eigenvalue weighted by Gasteiger charge is 2.34. The van der Waals surface area contributed by atoms with Gasteiger partial charge >= 0.3 is 12.1 Å². The molecule has 0 aliphatic heterocycles. The van der Waals surface area contributed by atoms with Gasteiger partial charge in [0.05, 0.1) is 18.2 Å². The molecule has 0 saturated heterocycles. The van der Waals surface area contributed by atoms with Gasteiger partial charge in [0.1, 0.15) is 0 Å². The topological polar surface area (TPSA) is 46.6 Å². The molecule has 3 aromatic rings. The van der Waals surface area contributed by atoms with Crippen LogP contribution in [0.5, 0.6) is 0 Å². The van der Waals surface area contributed by atoms with Crippen molar-refractivity contribution in [1.82, 2.24) is 4.90 Å². The van der Waals surface area contributed by atoms with Crippen molar-refractivity contribution in [1.29, 1.82) is 0 Å². The number of nitrogens with zero attached hydrogens (tertiary/aromatic N) is 1. The van der Waals surface area contributed by atoms with Crippen LogP contribution in [0, 0.1) is 0 Å². The Hall–Kier alpha value is -3.87. The highest BCUT2D eigenvalue weighted by Crippen LogP contribution is 2.34. The number of alkyl halides is 3. The van der Waals surface area contributed by atoms with Crippen molar-refractivity contribution >= 4 is 18.0 Å². The maximum absolute atomic E-state index is 13.7. The Kier molecular flexibility index (Phi) is 8.47. The number of hydrogen-bond acceptors (Lipinski definition) is 3. The molecule has 0 aromatic heterocycles. The number of carbonyl (C=O) groups excluding carboxylic acids is 2. The second-order valence-electron chi connectivity index (χ2n) is 7.84. The summed E-state index contributed by atoms with van der Waals surface area (Å²) in [5.41, 5.74) is 0.914. The molecule has 0 fully saturated rings. The summed E-state index contributed by atoms with van der Waals surface area (Å²) in [5, 5.41) is 0. The lowest BCUT2D eigenvalue weighted by Crippen LogP contribution is -2.34. The Morgan fingerprint density at radius 1 is 0.943 bits per heavy atom. The van der Waals surface area contributed by atoms with Crippen molar-refractivity contribution in [2.24, 2.45) is 0 Å². The molecule has 3 aromatic carbocycles. The van der Waals surface area contributed by atoms with Crippen molar-refractivity contribution in [3.63, 3.8) is 0 Å². The zero-order valence-electron chi connectivity index (χ0n) is 19.5. The van der Waals surface area contributed by atoms with Crippen molar-refractivity contribution in [3.8, 4) is 0 Å². The van der Waals surface area contributed by atoms with E-state index < -0.39 is 29.7 Å². The summed E-state index contributed by atoms with van der Waals surface area (Å²) >= 11 is 0. The molecule has 7 heteroatoms. The van der Waals surface area contributed by atoms with E-state index >= 15 is 0 Å². The summed E-state index contributed by atoms with van der Waals surface area (Å²) in [7, 11) is 0. The number of carbonyl (C=O) groups is 2. The second-order valence-corrected chi connectivity index (χ2v) is 7.84. The fourth-order valence-corrected chi connectivity index (χ4v) is 3.81. The molecule has 35 heavy (non-hydrogen) atoms. The third-order valence-corrected chi connectivity index (χ3v) is 5.54. The molecule has 0 saturated carbocycles. The number of amides is 1. The molecule has 1 atom stereocenters. The van der Waals surface area contributed by atoms with Crippen LogP contribution in [-0.2, 0) is 22.3 Å². The monoisotopic (exact) mass is 481 g/mol. The van der Waals surface area contributed by atoms with Crippen LogP contribution >= 0.6 is 0 Å².